The Kier molecular flexibility index (Phi) is 4.73. The predicted molar refractivity (Wildman–Crippen MR) is 109 cm³/mol. The molecule has 0 aliphatic carbocycles. The Bertz CT molecular complexity index is 1050. The molecule has 2 aromatic heterocycles. The number of hydrogen-bond acceptors (Lipinski definition) is 4. The Morgan fingerprint density at radius 1 is 1.00 bits per heavy atom. The molecule has 2 N–H and O–H groups in total. The van der Waals surface area contributed by atoms with Gasteiger partial charge in [0.25, 0.3) is 5.91 Å². The summed E-state index contributed by atoms with van der Waals surface area (Å²) < 4.78 is 1.26. The van der Waals surface area contributed by atoms with Crippen molar-refractivity contribution in [3.8, 4) is 16.2 Å². The average Bonchev–Trinajstić information content (AvgIpc) is 3.30. The van der Waals surface area contributed by atoms with Gasteiger partial charge in [0.15, 0.2) is 0 Å². The second-order valence-electron chi connectivity index (χ2n) is 5.98. The molecule has 0 fully saturated rings. The first-order valence-electron chi connectivity index (χ1n) is 8.33. The van der Waals surface area contributed by atoms with Gasteiger partial charge in [-0.1, -0.05) is 30.3 Å². The summed E-state index contributed by atoms with van der Waals surface area (Å²) in [6, 6.07) is 19.3. The van der Waals surface area contributed by atoms with Crippen LogP contribution >= 0.6 is 22.7 Å². The standard InChI is InChI=1S/C21H17NO2S2/c23-15-7-5-14(6-8-15)11-12-22-21(24)20-10-9-19(26-20)17-13-25-18-4-2-1-3-16(17)18/h1-10,13,23H,11-12H2,(H,22,24). The largest absolute Gasteiger partial charge is 0.508 e. The van der Waals surface area contributed by atoms with Gasteiger partial charge in [0.1, 0.15) is 5.75 Å². The van der Waals surface area contributed by atoms with E-state index in [1.165, 1.54) is 27.0 Å². The van der Waals surface area contributed by atoms with Crippen LogP contribution in [0.25, 0.3) is 20.5 Å². The van der Waals surface area contributed by atoms with Crippen LogP contribution in [-0.4, -0.2) is 17.6 Å². The molecule has 1 amide bonds. The fourth-order valence-electron chi connectivity index (χ4n) is 2.84. The summed E-state index contributed by atoms with van der Waals surface area (Å²) in [4.78, 5) is 14.2. The summed E-state index contributed by atoms with van der Waals surface area (Å²) >= 11 is 3.25. The first kappa shape index (κ1) is 16.8. The normalized spacial score (nSPS) is 10.9. The number of rotatable bonds is 5. The van der Waals surface area contributed by atoms with Crippen LogP contribution in [0.15, 0.2) is 66.0 Å². The van der Waals surface area contributed by atoms with Gasteiger partial charge in [-0.3, -0.25) is 4.79 Å². The second kappa shape index (κ2) is 7.32. The highest BCUT2D eigenvalue weighted by Gasteiger charge is 2.12. The van der Waals surface area contributed by atoms with E-state index < -0.39 is 0 Å². The van der Waals surface area contributed by atoms with Crippen molar-refractivity contribution in [2.45, 2.75) is 6.42 Å². The van der Waals surface area contributed by atoms with E-state index in [1.807, 2.05) is 36.4 Å². The molecule has 2 aromatic carbocycles. The highest BCUT2D eigenvalue weighted by atomic mass is 32.1. The van der Waals surface area contributed by atoms with Crippen LogP contribution in [-0.2, 0) is 6.42 Å². The first-order valence-corrected chi connectivity index (χ1v) is 10.0. The quantitative estimate of drug-likeness (QED) is 0.494. The van der Waals surface area contributed by atoms with Gasteiger partial charge >= 0.3 is 0 Å². The molecular formula is C21H17NO2S2. The van der Waals surface area contributed by atoms with E-state index in [1.54, 1.807) is 23.5 Å². The number of carbonyl (C=O) groups is 1. The number of amides is 1. The second-order valence-corrected chi connectivity index (χ2v) is 7.98. The van der Waals surface area contributed by atoms with Crippen molar-refractivity contribution in [3.63, 3.8) is 0 Å². The molecular weight excluding hydrogens is 362 g/mol. The number of phenols is 1. The molecule has 0 unspecified atom stereocenters. The number of phenolic OH excluding ortho intramolecular Hbond substituents is 1. The SMILES string of the molecule is O=C(NCCc1ccc(O)cc1)c1ccc(-c2csc3ccccc23)s1. The molecule has 0 aliphatic rings. The number of carbonyl (C=O) groups excluding carboxylic acids is 1. The Morgan fingerprint density at radius 2 is 1.81 bits per heavy atom. The van der Waals surface area contributed by atoms with Crippen LogP contribution in [0.5, 0.6) is 5.75 Å². The predicted octanol–water partition coefficient (Wildman–Crippen LogP) is 5.31. The summed E-state index contributed by atoms with van der Waals surface area (Å²) in [6.07, 6.45) is 0.736. The lowest BCUT2D eigenvalue weighted by atomic mass is 10.1. The lowest BCUT2D eigenvalue weighted by Crippen LogP contribution is -2.24. The number of nitrogens with one attached hydrogen (secondary N) is 1. The maximum Gasteiger partial charge on any atom is 0.261 e. The van der Waals surface area contributed by atoms with E-state index in [9.17, 15) is 9.90 Å². The van der Waals surface area contributed by atoms with Crippen LogP contribution in [0.4, 0.5) is 0 Å². The van der Waals surface area contributed by atoms with Crippen molar-refractivity contribution >= 4 is 38.7 Å². The molecule has 2 heterocycles. The number of aromatic hydroxyl groups is 1. The van der Waals surface area contributed by atoms with Crippen molar-refractivity contribution < 1.29 is 9.90 Å². The van der Waals surface area contributed by atoms with Gasteiger partial charge in [-0.2, -0.15) is 0 Å². The number of benzene rings is 2. The van der Waals surface area contributed by atoms with E-state index in [0.717, 1.165) is 21.7 Å². The Balaban J connectivity index is 1.42. The van der Waals surface area contributed by atoms with Crippen molar-refractivity contribution in [1.29, 1.82) is 0 Å². The van der Waals surface area contributed by atoms with E-state index >= 15 is 0 Å². The minimum absolute atomic E-state index is 0.0421. The van der Waals surface area contributed by atoms with Crippen molar-refractivity contribution in [2.75, 3.05) is 6.54 Å². The van der Waals surface area contributed by atoms with Crippen molar-refractivity contribution in [3.05, 3.63) is 76.5 Å². The molecule has 0 bridgehead atoms. The first-order chi connectivity index (χ1) is 12.7. The minimum Gasteiger partial charge on any atom is -0.508 e. The van der Waals surface area contributed by atoms with Crippen molar-refractivity contribution in [1.82, 2.24) is 5.32 Å². The van der Waals surface area contributed by atoms with Crippen molar-refractivity contribution in [2.24, 2.45) is 0 Å². The molecule has 0 atom stereocenters. The van der Waals surface area contributed by atoms with Crippen LogP contribution < -0.4 is 5.32 Å². The van der Waals surface area contributed by atoms with Gasteiger partial charge in [0.05, 0.1) is 4.88 Å². The Morgan fingerprint density at radius 3 is 2.65 bits per heavy atom. The Labute approximate surface area is 159 Å². The smallest absolute Gasteiger partial charge is 0.261 e. The molecule has 0 spiro atoms. The van der Waals surface area contributed by atoms with E-state index in [2.05, 4.69) is 22.8 Å². The lowest BCUT2D eigenvalue weighted by molar-refractivity contribution is 0.0958. The van der Waals surface area contributed by atoms with E-state index in [4.69, 9.17) is 0 Å². The lowest BCUT2D eigenvalue weighted by Gasteiger charge is -2.04. The van der Waals surface area contributed by atoms with Gasteiger partial charge < -0.3 is 10.4 Å². The summed E-state index contributed by atoms with van der Waals surface area (Å²) in [5.74, 6) is 0.212. The summed E-state index contributed by atoms with van der Waals surface area (Å²) in [5.41, 5.74) is 2.28. The maximum atomic E-state index is 12.4. The average molecular weight is 380 g/mol. The fourth-order valence-corrected chi connectivity index (χ4v) is 4.83. The monoisotopic (exact) mass is 379 g/mol. The molecule has 4 rings (SSSR count). The number of fused-ring (bicyclic) bond motifs is 1. The third-order valence-corrected chi connectivity index (χ3v) is 6.29. The maximum absolute atomic E-state index is 12.4. The van der Waals surface area contributed by atoms with E-state index in [0.29, 0.717) is 6.54 Å². The molecule has 130 valence electrons. The zero-order chi connectivity index (χ0) is 17.9. The third kappa shape index (κ3) is 3.49. The summed E-state index contributed by atoms with van der Waals surface area (Å²) in [7, 11) is 0. The van der Waals surface area contributed by atoms with Gasteiger partial charge in [-0.25, -0.2) is 0 Å². The summed E-state index contributed by atoms with van der Waals surface area (Å²) in [6.45, 7) is 0.568. The fraction of sp³-hybridized carbons (Fsp3) is 0.0952. The van der Waals surface area contributed by atoms with Crippen LogP contribution in [0.2, 0.25) is 0 Å². The third-order valence-electron chi connectivity index (χ3n) is 4.21. The van der Waals surface area contributed by atoms with Gasteiger partial charge in [-0.15, -0.1) is 22.7 Å². The molecule has 3 nitrogen and oxygen atoms in total. The van der Waals surface area contributed by atoms with Crippen LogP contribution in [0.1, 0.15) is 15.2 Å². The molecule has 0 saturated heterocycles. The van der Waals surface area contributed by atoms with Crippen LogP contribution in [0.3, 0.4) is 0 Å². The molecule has 26 heavy (non-hydrogen) atoms. The Hall–Kier alpha value is -2.63. The minimum atomic E-state index is -0.0421. The van der Waals surface area contributed by atoms with Gasteiger partial charge in [0.2, 0.25) is 0 Å². The number of thiophene rings is 2. The highest BCUT2D eigenvalue weighted by Crippen LogP contribution is 2.37. The van der Waals surface area contributed by atoms with E-state index in [-0.39, 0.29) is 11.7 Å². The molecule has 0 aliphatic heterocycles. The molecule has 5 heteroatoms. The highest BCUT2D eigenvalue weighted by molar-refractivity contribution is 7.20. The molecule has 0 radical (unpaired) electrons. The number of hydrogen-bond donors (Lipinski definition) is 2. The molecule has 0 saturated carbocycles. The van der Waals surface area contributed by atoms with Gasteiger partial charge in [0, 0.05) is 32.5 Å². The topological polar surface area (TPSA) is 49.3 Å². The van der Waals surface area contributed by atoms with Crippen LogP contribution in [0, 0.1) is 0 Å². The zero-order valence-electron chi connectivity index (χ0n) is 13.9. The molecule has 4 aromatic rings. The van der Waals surface area contributed by atoms with Gasteiger partial charge in [-0.05, 0) is 42.3 Å². The summed E-state index contributed by atoms with van der Waals surface area (Å²) in [5, 5.41) is 15.7. The zero-order valence-corrected chi connectivity index (χ0v) is 15.6.